The average molecular weight is 477 g/mol. The quantitative estimate of drug-likeness (QED) is 0.336. The van der Waals surface area contributed by atoms with Gasteiger partial charge in [0.25, 0.3) is 0 Å². The lowest BCUT2D eigenvalue weighted by atomic mass is 9.77. The highest BCUT2D eigenvalue weighted by Crippen LogP contribution is 2.50. The highest BCUT2D eigenvalue weighted by Gasteiger charge is 2.38. The highest BCUT2D eigenvalue weighted by atomic mass is 32.2. The first kappa shape index (κ1) is 22.3. The van der Waals surface area contributed by atoms with Crippen LogP contribution in [0, 0.1) is 5.92 Å². The molecule has 2 N–H and O–H groups in total. The van der Waals surface area contributed by atoms with Crippen molar-refractivity contribution < 1.29 is 8.42 Å². The van der Waals surface area contributed by atoms with E-state index in [4.69, 9.17) is 0 Å². The maximum atomic E-state index is 13.0. The molecule has 0 saturated carbocycles. The molecule has 1 heterocycles. The number of benzene rings is 3. The van der Waals surface area contributed by atoms with Crippen LogP contribution in [0.5, 0.6) is 0 Å². The Labute approximate surface area is 200 Å². The lowest BCUT2D eigenvalue weighted by Crippen LogP contribution is -2.30. The third-order valence-electron chi connectivity index (χ3n) is 6.67. The molecule has 3 aromatic carbocycles. The van der Waals surface area contributed by atoms with Crippen LogP contribution in [0.2, 0.25) is 0 Å². The molecule has 3 aromatic rings. The van der Waals surface area contributed by atoms with E-state index in [2.05, 4.69) is 52.7 Å². The fourth-order valence-electron chi connectivity index (χ4n) is 4.94. The van der Waals surface area contributed by atoms with Gasteiger partial charge in [0.1, 0.15) is 0 Å². The van der Waals surface area contributed by atoms with Crippen molar-refractivity contribution in [2.45, 2.75) is 34.6 Å². The molecule has 2 aliphatic rings. The van der Waals surface area contributed by atoms with Gasteiger partial charge in [-0.15, -0.1) is 11.8 Å². The van der Waals surface area contributed by atoms with E-state index in [0.717, 1.165) is 23.2 Å². The lowest BCUT2D eigenvalue weighted by Gasteiger charge is -2.37. The summed E-state index contributed by atoms with van der Waals surface area (Å²) in [5, 5.41) is 3.70. The topological polar surface area (TPSA) is 58.2 Å². The Hall–Kier alpha value is -2.54. The summed E-state index contributed by atoms with van der Waals surface area (Å²) in [5.74, 6) is 0.590. The Morgan fingerprint density at radius 2 is 1.82 bits per heavy atom. The van der Waals surface area contributed by atoms with Gasteiger partial charge < -0.3 is 5.32 Å². The van der Waals surface area contributed by atoms with E-state index in [9.17, 15) is 8.42 Å². The lowest BCUT2D eigenvalue weighted by molar-refractivity contribution is 0.425. The molecule has 0 amide bonds. The van der Waals surface area contributed by atoms with Crippen LogP contribution in [0.3, 0.4) is 0 Å². The Morgan fingerprint density at radius 1 is 1.03 bits per heavy atom. The second-order valence-electron chi connectivity index (χ2n) is 8.63. The first-order valence-corrected chi connectivity index (χ1v) is 14.0. The van der Waals surface area contributed by atoms with Crippen molar-refractivity contribution in [3.63, 3.8) is 0 Å². The van der Waals surface area contributed by atoms with E-state index in [1.54, 1.807) is 17.8 Å². The summed E-state index contributed by atoms with van der Waals surface area (Å²) in [6.07, 6.45) is 8.21. The molecule has 0 saturated heterocycles. The van der Waals surface area contributed by atoms with Crippen molar-refractivity contribution in [3.05, 3.63) is 102 Å². The number of allylic oxidation sites excluding steroid dienone is 2. The minimum Gasteiger partial charge on any atom is -0.378 e. The molecular weight excluding hydrogens is 448 g/mol. The predicted octanol–water partition coefficient (Wildman–Crippen LogP) is 5.76. The maximum Gasteiger partial charge on any atom is 0.240 e. The number of nitrogens with one attached hydrogen (secondary N) is 2. The number of hydrogen-bond donors (Lipinski definition) is 2. The molecule has 0 bridgehead atoms. The van der Waals surface area contributed by atoms with Crippen LogP contribution in [0.25, 0.3) is 0 Å². The molecule has 0 aromatic heterocycles. The van der Waals surface area contributed by atoms with Crippen molar-refractivity contribution in [2.75, 3.05) is 18.1 Å². The summed E-state index contributed by atoms with van der Waals surface area (Å²) in [5.41, 5.74) is 4.48. The monoisotopic (exact) mass is 476 g/mol. The number of sulfonamides is 1. The van der Waals surface area contributed by atoms with E-state index in [-0.39, 0.29) is 12.0 Å². The third kappa shape index (κ3) is 4.60. The zero-order valence-electron chi connectivity index (χ0n) is 18.6. The summed E-state index contributed by atoms with van der Waals surface area (Å²) in [7, 11) is -3.57. The molecule has 3 atom stereocenters. The molecule has 1 aliphatic carbocycles. The fraction of sp³-hybridized carbons (Fsp3) is 0.259. The highest BCUT2D eigenvalue weighted by molar-refractivity contribution is 7.98. The van der Waals surface area contributed by atoms with Gasteiger partial charge >= 0.3 is 0 Å². The Bertz CT molecular complexity index is 1260. The Balaban J connectivity index is 1.37. The Kier molecular flexibility index (Phi) is 6.32. The predicted molar refractivity (Wildman–Crippen MR) is 136 cm³/mol. The summed E-state index contributed by atoms with van der Waals surface area (Å²) in [6, 6.07) is 24.4. The van der Waals surface area contributed by atoms with Gasteiger partial charge in [-0.05, 0) is 72.0 Å². The summed E-state index contributed by atoms with van der Waals surface area (Å²) in [4.78, 5) is 1.59. The molecule has 170 valence electrons. The number of anilines is 1. The molecule has 33 heavy (non-hydrogen) atoms. The van der Waals surface area contributed by atoms with Crippen LogP contribution in [-0.4, -0.2) is 21.2 Å². The van der Waals surface area contributed by atoms with Gasteiger partial charge in [-0.3, -0.25) is 0 Å². The van der Waals surface area contributed by atoms with Crippen LogP contribution in [0.15, 0.2) is 94.7 Å². The molecule has 6 heteroatoms. The standard InChI is InChI=1S/C27H28N2O2S2/c1-32-21-12-10-20(11-13-21)27-24-9-5-8-23(24)25-18-22(14-15-26(25)29-27)33(30,31)28-17-16-19-6-3-2-4-7-19/h2-8,10-15,18,23-24,27-29H,9,16-17H2,1H3. The van der Waals surface area contributed by atoms with Crippen LogP contribution in [-0.2, 0) is 16.4 Å². The molecular formula is C27H28N2O2S2. The van der Waals surface area contributed by atoms with Crippen molar-refractivity contribution in [1.82, 2.24) is 4.72 Å². The minimum atomic E-state index is -3.57. The zero-order valence-corrected chi connectivity index (χ0v) is 20.2. The van der Waals surface area contributed by atoms with Gasteiger partial charge in [-0.25, -0.2) is 13.1 Å². The van der Waals surface area contributed by atoms with Gasteiger partial charge in [0, 0.05) is 23.0 Å². The number of rotatable bonds is 7. The van der Waals surface area contributed by atoms with Gasteiger partial charge in [0.15, 0.2) is 0 Å². The molecule has 1 aliphatic heterocycles. The molecule has 3 unspecified atom stereocenters. The minimum absolute atomic E-state index is 0.208. The van der Waals surface area contributed by atoms with Crippen LogP contribution < -0.4 is 10.0 Å². The van der Waals surface area contributed by atoms with Gasteiger partial charge in [0.05, 0.1) is 10.9 Å². The number of thioether (sulfide) groups is 1. The average Bonchev–Trinajstić information content (AvgIpc) is 3.34. The molecule has 0 fully saturated rings. The fourth-order valence-corrected chi connectivity index (χ4v) is 6.41. The van der Waals surface area contributed by atoms with E-state index < -0.39 is 10.0 Å². The van der Waals surface area contributed by atoms with Gasteiger partial charge in [0.2, 0.25) is 10.0 Å². The largest absolute Gasteiger partial charge is 0.378 e. The molecule has 4 nitrogen and oxygen atoms in total. The second-order valence-corrected chi connectivity index (χ2v) is 11.3. The van der Waals surface area contributed by atoms with Crippen molar-refractivity contribution in [2.24, 2.45) is 5.92 Å². The second kappa shape index (κ2) is 9.37. The third-order valence-corrected chi connectivity index (χ3v) is 8.87. The smallest absolute Gasteiger partial charge is 0.240 e. The van der Waals surface area contributed by atoms with Crippen LogP contribution in [0.4, 0.5) is 5.69 Å². The SMILES string of the molecule is CSc1ccc(C2Nc3ccc(S(=O)(=O)NCCc4ccccc4)cc3C3C=CCC32)cc1. The van der Waals surface area contributed by atoms with Crippen LogP contribution in [0.1, 0.15) is 35.1 Å². The molecule has 0 radical (unpaired) electrons. The first-order chi connectivity index (χ1) is 16.0. The number of fused-ring (bicyclic) bond motifs is 3. The molecule has 0 spiro atoms. The normalized spacial score (nSPS) is 21.3. The van der Waals surface area contributed by atoms with E-state index >= 15 is 0 Å². The number of hydrogen-bond acceptors (Lipinski definition) is 4. The maximum absolute atomic E-state index is 13.0. The Morgan fingerprint density at radius 3 is 2.58 bits per heavy atom. The van der Waals surface area contributed by atoms with Gasteiger partial charge in [-0.2, -0.15) is 0 Å². The van der Waals surface area contributed by atoms with Crippen molar-refractivity contribution >= 4 is 27.5 Å². The summed E-state index contributed by atoms with van der Waals surface area (Å²) in [6.45, 7) is 0.377. The summed E-state index contributed by atoms with van der Waals surface area (Å²) < 4.78 is 28.8. The summed E-state index contributed by atoms with van der Waals surface area (Å²) >= 11 is 1.74. The van der Waals surface area contributed by atoms with Gasteiger partial charge in [-0.1, -0.05) is 54.6 Å². The molecule has 5 rings (SSSR count). The zero-order chi connectivity index (χ0) is 22.8. The van der Waals surface area contributed by atoms with Crippen LogP contribution >= 0.6 is 11.8 Å². The van der Waals surface area contributed by atoms with E-state index in [0.29, 0.717) is 23.8 Å². The van der Waals surface area contributed by atoms with E-state index in [1.807, 2.05) is 42.5 Å². The van der Waals surface area contributed by atoms with E-state index in [1.165, 1.54) is 10.5 Å². The van der Waals surface area contributed by atoms with Crippen molar-refractivity contribution in [1.29, 1.82) is 0 Å². The van der Waals surface area contributed by atoms with Crippen molar-refractivity contribution in [3.8, 4) is 0 Å². The first-order valence-electron chi connectivity index (χ1n) is 11.3.